The van der Waals surface area contributed by atoms with Crippen LogP contribution < -0.4 is 24.7 Å². The van der Waals surface area contributed by atoms with Gasteiger partial charge in [0, 0.05) is 24.3 Å². The van der Waals surface area contributed by atoms with Gasteiger partial charge in [0.25, 0.3) is 0 Å². The van der Waals surface area contributed by atoms with Crippen molar-refractivity contribution in [1.29, 1.82) is 0 Å². The second-order valence-electron chi connectivity index (χ2n) is 14.8. The van der Waals surface area contributed by atoms with E-state index in [4.69, 9.17) is 19.9 Å². The van der Waals surface area contributed by atoms with Crippen LogP contribution in [0.2, 0.25) is 0 Å². The number of halogens is 1. The molecule has 2 aliphatic carbocycles. The first-order valence-electron chi connectivity index (χ1n) is 17.5. The van der Waals surface area contributed by atoms with Crippen molar-refractivity contribution in [2.75, 3.05) is 13.7 Å². The van der Waals surface area contributed by atoms with Crippen molar-refractivity contribution < 1.29 is 41.4 Å². The molecule has 5 atom stereocenters. The van der Waals surface area contributed by atoms with Gasteiger partial charge in [-0.3, -0.25) is 19.1 Å². The number of ketones is 1. The molecule has 2 saturated carbocycles. The van der Waals surface area contributed by atoms with Gasteiger partial charge in [-0.15, -0.1) is 0 Å². The van der Waals surface area contributed by atoms with Crippen LogP contribution in [0.5, 0.6) is 17.4 Å². The Hall–Kier alpha value is -3.78. The number of fused-ring (bicyclic) bond motifs is 3. The van der Waals surface area contributed by atoms with Gasteiger partial charge in [0.1, 0.15) is 17.4 Å². The number of allylic oxidation sites excluding steroid dienone is 2. The zero-order chi connectivity index (χ0) is 36.0. The van der Waals surface area contributed by atoms with Crippen LogP contribution in [0.4, 0.5) is 4.39 Å². The predicted octanol–water partition coefficient (Wildman–Crippen LogP) is 4.33. The highest BCUT2D eigenvalue weighted by molar-refractivity contribution is 7.91. The lowest BCUT2D eigenvalue weighted by Gasteiger charge is -2.27. The van der Waals surface area contributed by atoms with E-state index < -0.39 is 50.1 Å². The highest BCUT2D eigenvalue weighted by atomic mass is 32.2. The van der Waals surface area contributed by atoms with E-state index in [1.54, 1.807) is 13.0 Å². The van der Waals surface area contributed by atoms with Crippen molar-refractivity contribution in [3.8, 4) is 17.4 Å². The molecule has 0 unspecified atom stereocenters. The van der Waals surface area contributed by atoms with Gasteiger partial charge in [-0.2, -0.15) is 0 Å². The molecule has 3 N–H and O–H groups in total. The third kappa shape index (κ3) is 7.05. The first-order chi connectivity index (χ1) is 23.7. The second kappa shape index (κ2) is 13.7. The Morgan fingerprint density at radius 3 is 2.64 bits per heavy atom. The van der Waals surface area contributed by atoms with Crippen LogP contribution in [0.1, 0.15) is 85.0 Å². The number of hydrogen-bond donors (Lipinski definition) is 2. The zero-order valence-corrected chi connectivity index (χ0v) is 29.9. The summed E-state index contributed by atoms with van der Waals surface area (Å²) in [6.07, 6.45) is 7.79. The predicted molar refractivity (Wildman–Crippen MR) is 184 cm³/mol. The molecule has 3 heterocycles. The molecule has 2 aromatic rings. The van der Waals surface area contributed by atoms with Crippen LogP contribution in [0.3, 0.4) is 0 Å². The highest BCUT2D eigenvalue weighted by Crippen LogP contribution is 2.57. The minimum atomic E-state index is -3.93. The van der Waals surface area contributed by atoms with Gasteiger partial charge in [0.15, 0.2) is 17.3 Å². The Balaban J connectivity index is 1.31. The van der Waals surface area contributed by atoms with Gasteiger partial charge in [0.2, 0.25) is 27.7 Å². The van der Waals surface area contributed by atoms with Crippen molar-refractivity contribution in [3.05, 3.63) is 36.2 Å². The van der Waals surface area contributed by atoms with E-state index in [0.717, 1.165) is 25.7 Å². The molecular weight excluding hydrogens is 667 g/mol. The number of aromatic nitrogens is 1. The number of nitrogens with one attached hydrogen (secondary N) is 1. The van der Waals surface area contributed by atoms with Gasteiger partial charge >= 0.3 is 0 Å². The second-order valence-corrected chi connectivity index (χ2v) is 16.9. The number of hydrogen-bond acceptors (Lipinski definition) is 10. The molecule has 1 aromatic carbocycles. The average Bonchev–Trinajstić information content (AvgIpc) is 3.93. The zero-order valence-electron chi connectivity index (χ0n) is 29.1. The normalized spacial score (nSPS) is 29.0. The number of rotatable bonds is 8. The van der Waals surface area contributed by atoms with Crippen LogP contribution in [0.25, 0.3) is 10.9 Å². The van der Waals surface area contributed by atoms with E-state index in [1.807, 2.05) is 26.0 Å². The van der Waals surface area contributed by atoms with Crippen molar-refractivity contribution >= 4 is 38.5 Å². The summed E-state index contributed by atoms with van der Waals surface area (Å²) >= 11 is 0. The van der Waals surface area contributed by atoms with Gasteiger partial charge in [0.05, 0.1) is 42.0 Å². The maximum Gasteiger partial charge on any atom is 0.240 e. The molecule has 0 spiro atoms. The number of pyridine rings is 1. The van der Waals surface area contributed by atoms with Gasteiger partial charge in [-0.25, -0.2) is 17.8 Å². The maximum absolute atomic E-state index is 14.7. The number of carbonyl (C=O) groups excluding carboxylic acids is 3. The summed E-state index contributed by atoms with van der Waals surface area (Å²) in [6, 6.07) is 2.57. The minimum absolute atomic E-state index is 0.0424. The molecule has 2 amide bonds. The van der Waals surface area contributed by atoms with Crippen molar-refractivity contribution in [2.45, 2.75) is 114 Å². The summed E-state index contributed by atoms with van der Waals surface area (Å²) in [4.78, 5) is 47.8. The third-order valence-corrected chi connectivity index (χ3v) is 12.7. The molecule has 272 valence electrons. The van der Waals surface area contributed by atoms with E-state index in [1.165, 1.54) is 24.1 Å². The molecule has 4 aliphatic rings. The number of benzene rings is 1. The summed E-state index contributed by atoms with van der Waals surface area (Å²) in [6.45, 7) is 5.30. The standard InChI is InChI=1S/C36H47FN4O8S/c1-21(2)48-30-17-29(24-12-13-25(37)32(47-4)31(24)39-30)49-23-16-27-28(42)19-36(34(44)40-50(45,46)35(3)14-15-35)18-22(36)10-8-6-5-7-9-11-26(38)33(43)41(27)20-23/h8,10,12-13,17,21-23,26-27H,5-7,9,11,14-16,18-20,38H2,1-4H3,(H,40,44)/b10-8-/t22-,23-,26+,27+,36-/m1/s1. The fraction of sp³-hybridized carbons (Fsp3) is 0.611. The number of nitrogens with two attached hydrogens (primary N) is 1. The Labute approximate surface area is 292 Å². The number of ether oxygens (including phenoxy) is 3. The van der Waals surface area contributed by atoms with E-state index in [0.29, 0.717) is 36.8 Å². The van der Waals surface area contributed by atoms with Crippen molar-refractivity contribution in [1.82, 2.24) is 14.6 Å². The number of amides is 2. The summed E-state index contributed by atoms with van der Waals surface area (Å²) in [5.74, 6) is -1.93. The summed E-state index contributed by atoms with van der Waals surface area (Å²) in [5.41, 5.74) is 5.36. The summed E-state index contributed by atoms with van der Waals surface area (Å²) in [5, 5.41) is 0.451. The average molecular weight is 715 g/mol. The molecule has 3 fully saturated rings. The molecule has 14 heteroatoms. The fourth-order valence-electron chi connectivity index (χ4n) is 7.14. The largest absolute Gasteiger partial charge is 0.491 e. The quantitative estimate of drug-likeness (QED) is 0.376. The number of Topliss-reactive ketones (excluding diaryl/α,β-unsaturated/α-hetero) is 1. The summed E-state index contributed by atoms with van der Waals surface area (Å²) < 4.78 is 59.8. The smallest absolute Gasteiger partial charge is 0.240 e. The SMILES string of the molecule is COc1c(F)ccc2c(O[C@@H]3C[C@H]4C(=O)C[C@]5(C(=O)NS(=O)(=O)C6(C)CC6)C[C@H]5/C=C\CCCCC[C@H](N)C(=O)N4C3)cc(OC(C)C)nc12. The first kappa shape index (κ1) is 36.0. The number of sulfonamides is 1. The maximum atomic E-state index is 14.7. The molecule has 1 saturated heterocycles. The van der Waals surface area contributed by atoms with Crippen LogP contribution >= 0.6 is 0 Å². The van der Waals surface area contributed by atoms with Gasteiger partial charge in [-0.1, -0.05) is 25.0 Å². The molecule has 12 nitrogen and oxygen atoms in total. The van der Waals surface area contributed by atoms with Crippen LogP contribution in [-0.4, -0.2) is 78.6 Å². The van der Waals surface area contributed by atoms with Crippen LogP contribution in [0, 0.1) is 17.2 Å². The van der Waals surface area contributed by atoms with Crippen molar-refractivity contribution in [3.63, 3.8) is 0 Å². The van der Waals surface area contributed by atoms with Gasteiger partial charge in [-0.05, 0) is 77.3 Å². The van der Waals surface area contributed by atoms with E-state index in [2.05, 4.69) is 9.71 Å². The number of carbonyl (C=O) groups is 3. The van der Waals surface area contributed by atoms with Gasteiger partial charge < -0.3 is 24.8 Å². The van der Waals surface area contributed by atoms with Crippen LogP contribution in [0.15, 0.2) is 30.4 Å². The molecule has 6 rings (SSSR count). The topological polar surface area (TPSA) is 167 Å². The molecule has 2 aliphatic heterocycles. The Morgan fingerprint density at radius 2 is 1.94 bits per heavy atom. The van der Waals surface area contributed by atoms with Crippen LogP contribution in [-0.2, 0) is 24.4 Å². The minimum Gasteiger partial charge on any atom is -0.491 e. The monoisotopic (exact) mass is 714 g/mol. The summed E-state index contributed by atoms with van der Waals surface area (Å²) in [7, 11) is -2.59. The molecule has 0 bridgehead atoms. The Bertz CT molecular complexity index is 1810. The Morgan fingerprint density at radius 1 is 1.18 bits per heavy atom. The Kier molecular flexibility index (Phi) is 9.90. The number of methoxy groups -OCH3 is 1. The molecule has 50 heavy (non-hydrogen) atoms. The lowest BCUT2D eigenvalue weighted by molar-refractivity contribution is -0.140. The fourth-order valence-corrected chi connectivity index (χ4v) is 8.48. The molecule has 1 aromatic heterocycles. The van der Waals surface area contributed by atoms with E-state index >= 15 is 0 Å². The molecular formula is C36H47FN4O8S. The van der Waals surface area contributed by atoms with Crippen molar-refractivity contribution in [2.24, 2.45) is 17.1 Å². The third-order valence-electron chi connectivity index (χ3n) is 10.6. The number of nitrogens with zero attached hydrogens (tertiary/aromatic N) is 2. The lowest BCUT2D eigenvalue weighted by atomic mass is 9.91. The first-order valence-corrected chi connectivity index (χ1v) is 19.0. The van der Waals surface area contributed by atoms with E-state index in [-0.39, 0.29) is 60.2 Å². The highest BCUT2D eigenvalue weighted by Gasteiger charge is 2.62. The lowest BCUT2D eigenvalue weighted by Crippen LogP contribution is -2.50. The van der Waals surface area contributed by atoms with E-state index in [9.17, 15) is 27.2 Å². The molecule has 0 radical (unpaired) electrons.